The zero-order valence-electron chi connectivity index (χ0n) is 12.1. The lowest BCUT2D eigenvalue weighted by Crippen LogP contribution is -2.33. The molecule has 1 aliphatic rings. The van der Waals surface area contributed by atoms with Crippen molar-refractivity contribution in [2.75, 3.05) is 0 Å². The van der Waals surface area contributed by atoms with Crippen LogP contribution in [0.3, 0.4) is 0 Å². The van der Waals surface area contributed by atoms with Gasteiger partial charge >= 0.3 is 0 Å². The van der Waals surface area contributed by atoms with Gasteiger partial charge in [-0.3, -0.25) is 4.79 Å². The number of ketones is 1. The highest BCUT2D eigenvalue weighted by atomic mass is 79.9. The molecule has 0 aliphatic heterocycles. The third-order valence-electron chi connectivity index (χ3n) is 4.41. The van der Waals surface area contributed by atoms with Gasteiger partial charge < -0.3 is 0 Å². The number of hydrogen-bond acceptors (Lipinski definition) is 1. The SMILES string of the molecule is CC(C)(C)C1CCC(=O)C(Cc2ccccc2Br)C1. The summed E-state index contributed by atoms with van der Waals surface area (Å²) in [5, 5.41) is 0. The Balaban J connectivity index is 2.10. The summed E-state index contributed by atoms with van der Waals surface area (Å²) in [5.41, 5.74) is 1.57. The van der Waals surface area contributed by atoms with Crippen LogP contribution in [0.2, 0.25) is 0 Å². The van der Waals surface area contributed by atoms with Crippen LogP contribution in [0, 0.1) is 17.3 Å². The molecular formula is C17H23BrO. The van der Waals surface area contributed by atoms with Crippen molar-refractivity contribution >= 4 is 21.7 Å². The molecule has 1 fully saturated rings. The number of carbonyl (C=O) groups excluding carboxylic acids is 1. The van der Waals surface area contributed by atoms with Gasteiger partial charge in [-0.1, -0.05) is 54.9 Å². The molecule has 1 aliphatic carbocycles. The van der Waals surface area contributed by atoms with Crippen molar-refractivity contribution in [3.8, 4) is 0 Å². The average Bonchev–Trinajstić information content (AvgIpc) is 2.33. The molecule has 2 atom stereocenters. The summed E-state index contributed by atoms with van der Waals surface area (Å²) >= 11 is 3.59. The monoisotopic (exact) mass is 322 g/mol. The smallest absolute Gasteiger partial charge is 0.136 e. The van der Waals surface area contributed by atoms with E-state index >= 15 is 0 Å². The maximum Gasteiger partial charge on any atom is 0.136 e. The Bertz CT molecular complexity index is 459. The molecule has 0 amide bonds. The molecule has 0 saturated heterocycles. The molecule has 1 nitrogen and oxygen atoms in total. The van der Waals surface area contributed by atoms with Crippen molar-refractivity contribution in [3.05, 3.63) is 34.3 Å². The van der Waals surface area contributed by atoms with E-state index in [0.29, 0.717) is 17.1 Å². The fourth-order valence-corrected chi connectivity index (χ4v) is 3.47. The van der Waals surface area contributed by atoms with Crippen molar-refractivity contribution in [3.63, 3.8) is 0 Å². The standard InChI is InChI=1S/C17H23BrO/c1-17(2,3)14-8-9-16(19)13(11-14)10-12-6-4-5-7-15(12)18/h4-7,13-14H,8-11H2,1-3H3. The molecular weight excluding hydrogens is 300 g/mol. The van der Waals surface area contributed by atoms with Crippen LogP contribution in [0.4, 0.5) is 0 Å². The normalized spacial score (nSPS) is 24.5. The van der Waals surface area contributed by atoms with Crippen molar-refractivity contribution < 1.29 is 4.79 Å². The zero-order chi connectivity index (χ0) is 14.0. The van der Waals surface area contributed by atoms with Gasteiger partial charge in [-0.25, -0.2) is 0 Å². The van der Waals surface area contributed by atoms with E-state index in [4.69, 9.17) is 0 Å². The van der Waals surface area contributed by atoms with Gasteiger partial charge in [0.2, 0.25) is 0 Å². The molecule has 0 radical (unpaired) electrons. The summed E-state index contributed by atoms with van der Waals surface area (Å²) in [6, 6.07) is 8.25. The molecule has 1 aromatic rings. The van der Waals surface area contributed by atoms with Gasteiger partial charge in [0, 0.05) is 16.8 Å². The first kappa shape index (κ1) is 14.8. The first-order valence-electron chi connectivity index (χ1n) is 7.14. The highest BCUT2D eigenvalue weighted by Gasteiger charge is 2.34. The molecule has 0 heterocycles. The average molecular weight is 323 g/mol. The van der Waals surface area contributed by atoms with Crippen LogP contribution < -0.4 is 0 Å². The van der Waals surface area contributed by atoms with Gasteiger partial charge in [0.15, 0.2) is 0 Å². The molecule has 2 heteroatoms. The van der Waals surface area contributed by atoms with Gasteiger partial charge in [0.05, 0.1) is 0 Å². The molecule has 0 spiro atoms. The molecule has 0 bridgehead atoms. The van der Waals surface area contributed by atoms with E-state index in [2.05, 4.69) is 54.9 Å². The Morgan fingerprint density at radius 2 is 1.95 bits per heavy atom. The Morgan fingerprint density at radius 3 is 2.58 bits per heavy atom. The first-order chi connectivity index (χ1) is 8.88. The second-order valence-corrected chi connectivity index (χ2v) is 7.65. The van der Waals surface area contributed by atoms with E-state index in [1.807, 2.05) is 6.07 Å². The quantitative estimate of drug-likeness (QED) is 0.746. The summed E-state index contributed by atoms with van der Waals surface area (Å²) in [6.07, 6.45) is 3.75. The fraction of sp³-hybridized carbons (Fsp3) is 0.588. The third-order valence-corrected chi connectivity index (χ3v) is 5.19. The third kappa shape index (κ3) is 3.68. The molecule has 0 aromatic heterocycles. The van der Waals surface area contributed by atoms with Crippen LogP contribution >= 0.6 is 15.9 Å². The van der Waals surface area contributed by atoms with Crippen molar-refractivity contribution in [1.29, 1.82) is 0 Å². The minimum atomic E-state index is 0.205. The Labute approximate surface area is 124 Å². The van der Waals surface area contributed by atoms with Crippen LogP contribution in [0.1, 0.15) is 45.6 Å². The number of halogens is 1. The maximum absolute atomic E-state index is 12.2. The van der Waals surface area contributed by atoms with Crippen LogP contribution in [0.5, 0.6) is 0 Å². The van der Waals surface area contributed by atoms with Gasteiger partial charge in [0.25, 0.3) is 0 Å². The summed E-state index contributed by atoms with van der Waals surface area (Å²) < 4.78 is 1.13. The lowest BCUT2D eigenvalue weighted by atomic mass is 9.67. The number of rotatable bonds is 2. The Morgan fingerprint density at radius 1 is 1.26 bits per heavy atom. The summed E-state index contributed by atoms with van der Waals surface area (Å²) in [4.78, 5) is 12.2. The second-order valence-electron chi connectivity index (χ2n) is 6.80. The van der Waals surface area contributed by atoms with Crippen LogP contribution in [-0.2, 0) is 11.2 Å². The van der Waals surface area contributed by atoms with E-state index in [-0.39, 0.29) is 5.92 Å². The number of carbonyl (C=O) groups is 1. The van der Waals surface area contributed by atoms with Crippen molar-refractivity contribution in [1.82, 2.24) is 0 Å². The van der Waals surface area contributed by atoms with Crippen molar-refractivity contribution in [2.24, 2.45) is 17.3 Å². The topological polar surface area (TPSA) is 17.1 Å². The zero-order valence-corrected chi connectivity index (χ0v) is 13.7. The van der Waals surface area contributed by atoms with Crippen LogP contribution in [0.25, 0.3) is 0 Å². The van der Waals surface area contributed by atoms with Gasteiger partial charge in [-0.15, -0.1) is 0 Å². The predicted octanol–water partition coefficient (Wildman–Crippen LogP) is 5.02. The van der Waals surface area contributed by atoms with Gasteiger partial charge in [0.1, 0.15) is 5.78 Å². The van der Waals surface area contributed by atoms with E-state index in [0.717, 1.165) is 30.2 Å². The Kier molecular flexibility index (Phi) is 4.50. The summed E-state index contributed by atoms with van der Waals surface area (Å²) in [5.74, 6) is 1.32. The molecule has 1 saturated carbocycles. The molecule has 0 N–H and O–H groups in total. The molecule has 2 unspecified atom stereocenters. The predicted molar refractivity (Wildman–Crippen MR) is 83.1 cm³/mol. The minimum absolute atomic E-state index is 0.205. The van der Waals surface area contributed by atoms with Gasteiger partial charge in [-0.2, -0.15) is 0 Å². The molecule has 2 rings (SSSR count). The number of benzene rings is 1. The fourth-order valence-electron chi connectivity index (χ4n) is 3.03. The van der Waals surface area contributed by atoms with Crippen LogP contribution in [-0.4, -0.2) is 5.78 Å². The Hall–Kier alpha value is -0.630. The largest absolute Gasteiger partial charge is 0.299 e. The number of hydrogen-bond donors (Lipinski definition) is 0. The lowest BCUT2D eigenvalue weighted by Gasteiger charge is -2.37. The van der Waals surface area contributed by atoms with Crippen molar-refractivity contribution in [2.45, 2.75) is 46.5 Å². The molecule has 1 aromatic carbocycles. The number of Topliss-reactive ketones (excluding diaryl/α,β-unsaturated/α-hetero) is 1. The summed E-state index contributed by atoms with van der Waals surface area (Å²) in [6.45, 7) is 6.88. The minimum Gasteiger partial charge on any atom is -0.299 e. The molecule has 19 heavy (non-hydrogen) atoms. The highest BCUT2D eigenvalue weighted by molar-refractivity contribution is 9.10. The van der Waals surface area contributed by atoms with Gasteiger partial charge in [-0.05, 0) is 42.2 Å². The van der Waals surface area contributed by atoms with E-state index in [1.165, 1.54) is 5.56 Å². The molecule has 104 valence electrons. The highest BCUT2D eigenvalue weighted by Crippen LogP contribution is 2.40. The lowest BCUT2D eigenvalue weighted by molar-refractivity contribution is -0.126. The summed E-state index contributed by atoms with van der Waals surface area (Å²) in [7, 11) is 0. The first-order valence-corrected chi connectivity index (χ1v) is 7.93. The van der Waals surface area contributed by atoms with E-state index in [9.17, 15) is 4.79 Å². The second kappa shape index (κ2) is 5.78. The van der Waals surface area contributed by atoms with E-state index in [1.54, 1.807) is 0 Å². The maximum atomic E-state index is 12.2. The van der Waals surface area contributed by atoms with E-state index < -0.39 is 0 Å². The van der Waals surface area contributed by atoms with Crippen LogP contribution in [0.15, 0.2) is 28.7 Å².